The first-order chi connectivity index (χ1) is 14.1. The zero-order chi connectivity index (χ0) is 22.4. The summed E-state index contributed by atoms with van der Waals surface area (Å²) in [5.41, 5.74) is 13.2. The Morgan fingerprint density at radius 2 is 1.87 bits per heavy atom. The van der Waals surface area contributed by atoms with Crippen LogP contribution in [0.25, 0.3) is 0 Å². The second-order valence-corrected chi connectivity index (χ2v) is 8.51. The van der Waals surface area contributed by atoms with Gasteiger partial charge in [-0.2, -0.15) is 4.99 Å². The van der Waals surface area contributed by atoms with Crippen molar-refractivity contribution in [2.45, 2.75) is 48.0 Å². The van der Waals surface area contributed by atoms with Gasteiger partial charge in [0.15, 0.2) is 0 Å². The van der Waals surface area contributed by atoms with E-state index >= 15 is 0 Å². The van der Waals surface area contributed by atoms with Crippen molar-refractivity contribution in [3.8, 4) is 5.75 Å². The molecule has 0 heterocycles. The maximum atomic E-state index is 6.24. The molecule has 1 aromatic carbocycles. The molecule has 162 valence electrons. The molecule has 0 spiro atoms. The number of rotatable bonds is 6. The molecule has 0 saturated carbocycles. The van der Waals surface area contributed by atoms with Crippen molar-refractivity contribution in [3.63, 3.8) is 0 Å². The largest absolute Gasteiger partial charge is 0.430 e. The maximum Gasteiger partial charge on any atom is 0.290 e. The molecule has 5 heteroatoms. The van der Waals surface area contributed by atoms with Gasteiger partial charge in [0.2, 0.25) is 0 Å². The zero-order valence-corrected chi connectivity index (χ0v) is 20.2. The highest BCUT2D eigenvalue weighted by atomic mass is 32.1. The number of nitrogens with zero attached hydrogens (tertiary/aromatic N) is 2. The minimum atomic E-state index is 0.126. The van der Waals surface area contributed by atoms with E-state index in [2.05, 4.69) is 69.8 Å². The number of aliphatic imine (C=N–C) groups is 1. The van der Waals surface area contributed by atoms with Crippen LogP contribution in [0, 0.1) is 19.8 Å². The number of aryl methyl sites for hydroxylation is 2. The minimum Gasteiger partial charge on any atom is -0.430 e. The molecule has 1 aliphatic rings. The van der Waals surface area contributed by atoms with E-state index in [0.717, 1.165) is 36.4 Å². The van der Waals surface area contributed by atoms with Gasteiger partial charge in [-0.05, 0) is 88.6 Å². The number of hydrogen-bond acceptors (Lipinski definition) is 3. The summed E-state index contributed by atoms with van der Waals surface area (Å²) in [6.07, 6.45) is 7.18. The molecule has 2 N–H and O–H groups in total. The monoisotopic (exact) mass is 425 g/mol. The van der Waals surface area contributed by atoms with Gasteiger partial charge in [0.25, 0.3) is 5.17 Å². The molecule has 0 radical (unpaired) electrons. The van der Waals surface area contributed by atoms with Crippen molar-refractivity contribution in [3.05, 3.63) is 63.8 Å². The Hall–Kier alpha value is -2.24. The number of amidine groups is 1. The summed E-state index contributed by atoms with van der Waals surface area (Å²) in [4.78, 5) is 6.65. The van der Waals surface area contributed by atoms with Crippen LogP contribution in [0.4, 0.5) is 0 Å². The average molecular weight is 426 g/mol. The molecule has 1 aliphatic carbocycles. The van der Waals surface area contributed by atoms with Gasteiger partial charge in [-0.3, -0.25) is 0 Å². The average Bonchev–Trinajstić information content (AvgIpc) is 2.82. The molecule has 4 nitrogen and oxygen atoms in total. The first-order valence-corrected chi connectivity index (χ1v) is 11.0. The highest BCUT2D eigenvalue weighted by molar-refractivity contribution is 7.80. The van der Waals surface area contributed by atoms with E-state index in [1.807, 2.05) is 19.1 Å². The Kier molecular flexibility index (Phi) is 8.56. The lowest BCUT2D eigenvalue weighted by atomic mass is 9.98. The van der Waals surface area contributed by atoms with Crippen LogP contribution in [0.1, 0.15) is 44.4 Å². The summed E-state index contributed by atoms with van der Waals surface area (Å²) in [6, 6.07) is 4.22. The minimum absolute atomic E-state index is 0.126. The number of ether oxygens (including phenoxy) is 1. The van der Waals surface area contributed by atoms with Crippen LogP contribution in [0.5, 0.6) is 5.75 Å². The van der Waals surface area contributed by atoms with Crippen LogP contribution < -0.4 is 10.5 Å². The number of likely N-dealkylation sites (N-methyl/N-ethyl adjacent to an activating group) is 1. The normalized spacial score (nSPS) is 17.3. The third-order valence-electron chi connectivity index (χ3n) is 5.89. The van der Waals surface area contributed by atoms with Gasteiger partial charge in [-0.15, -0.1) is 0 Å². The Morgan fingerprint density at radius 3 is 2.53 bits per heavy atom. The topological polar surface area (TPSA) is 50.8 Å². The molecule has 1 atom stereocenters. The van der Waals surface area contributed by atoms with Gasteiger partial charge >= 0.3 is 0 Å². The number of allylic oxidation sites excluding steroid dienone is 4. The molecule has 1 unspecified atom stereocenters. The molecule has 30 heavy (non-hydrogen) atoms. The molecule has 0 aromatic heterocycles. The van der Waals surface area contributed by atoms with Gasteiger partial charge in [-0.25, -0.2) is 0 Å². The summed E-state index contributed by atoms with van der Waals surface area (Å²) < 4.78 is 5.88. The number of nitrogens with two attached hydrogens (primary N) is 1. The van der Waals surface area contributed by atoms with Crippen molar-refractivity contribution in [1.29, 1.82) is 0 Å². The van der Waals surface area contributed by atoms with E-state index in [4.69, 9.17) is 22.7 Å². The Balaban J connectivity index is 2.13. The summed E-state index contributed by atoms with van der Waals surface area (Å²) in [6.45, 7) is 14.8. The van der Waals surface area contributed by atoms with Crippen LogP contribution in [0.15, 0.2) is 52.1 Å². The molecule has 0 fully saturated rings. The highest BCUT2D eigenvalue weighted by Gasteiger charge is 2.13. The second-order valence-electron chi connectivity index (χ2n) is 8.17. The zero-order valence-electron chi connectivity index (χ0n) is 19.4. The fourth-order valence-corrected chi connectivity index (χ4v) is 3.49. The predicted molar refractivity (Wildman–Crippen MR) is 132 cm³/mol. The van der Waals surface area contributed by atoms with E-state index in [1.165, 1.54) is 22.3 Å². The van der Waals surface area contributed by atoms with Gasteiger partial charge < -0.3 is 15.4 Å². The Bertz CT molecular complexity index is 925. The highest BCUT2D eigenvalue weighted by Crippen LogP contribution is 2.25. The van der Waals surface area contributed by atoms with Crippen LogP contribution in [0.2, 0.25) is 0 Å². The smallest absolute Gasteiger partial charge is 0.290 e. The lowest BCUT2D eigenvalue weighted by Crippen LogP contribution is -2.20. The summed E-state index contributed by atoms with van der Waals surface area (Å²) in [5, 5.41) is 0.126. The third kappa shape index (κ3) is 6.38. The number of benzene rings is 1. The molecule has 1 aromatic rings. The molecular formula is C25H35N3OS. The van der Waals surface area contributed by atoms with Gasteiger partial charge in [0, 0.05) is 12.1 Å². The third-order valence-corrected chi connectivity index (χ3v) is 6.06. The molecule has 0 amide bonds. The Labute approximate surface area is 187 Å². The van der Waals surface area contributed by atoms with Gasteiger partial charge in [0.05, 0.1) is 0 Å². The van der Waals surface area contributed by atoms with Gasteiger partial charge in [0.1, 0.15) is 11.6 Å². The van der Waals surface area contributed by atoms with E-state index in [1.54, 1.807) is 0 Å². The van der Waals surface area contributed by atoms with Crippen LogP contribution in [0.3, 0.4) is 0 Å². The van der Waals surface area contributed by atoms with Crippen molar-refractivity contribution in [2.24, 2.45) is 16.6 Å². The van der Waals surface area contributed by atoms with Crippen molar-refractivity contribution >= 4 is 23.2 Å². The van der Waals surface area contributed by atoms with E-state index in [0.29, 0.717) is 11.8 Å². The van der Waals surface area contributed by atoms with Crippen molar-refractivity contribution in [2.75, 3.05) is 20.1 Å². The van der Waals surface area contributed by atoms with Gasteiger partial charge in [-0.1, -0.05) is 49.3 Å². The molecule has 0 aliphatic heterocycles. The SMILES string of the molecule is CCN(C)CCc1cc(C)c(OC(=S)N=C(N)C2=CC(C)C(C)=C(C)C=C2)cc1C. The van der Waals surface area contributed by atoms with Crippen LogP contribution in [-0.2, 0) is 6.42 Å². The Morgan fingerprint density at radius 1 is 1.17 bits per heavy atom. The standard InChI is InChI=1S/C25H35N3OS/c1-8-28(7)12-11-21-14-19(5)23(15-18(21)4)29-25(30)27-24(26)22-10-9-16(2)20(6)17(3)13-22/h9-10,13-15,17H,8,11-12H2,1-7H3,(H2,26,27,30). The number of thiocarbonyl (C=S) groups is 1. The quantitative estimate of drug-likeness (QED) is 0.382. The second kappa shape index (κ2) is 10.7. The fraction of sp³-hybridized carbons (Fsp3) is 0.440. The van der Waals surface area contributed by atoms with Crippen molar-refractivity contribution < 1.29 is 4.74 Å². The lowest BCUT2D eigenvalue weighted by Gasteiger charge is -2.16. The first kappa shape index (κ1) is 24.0. The lowest BCUT2D eigenvalue weighted by molar-refractivity contribution is 0.357. The van der Waals surface area contributed by atoms with Crippen LogP contribution >= 0.6 is 12.2 Å². The maximum absolute atomic E-state index is 6.24. The predicted octanol–water partition coefficient (Wildman–Crippen LogP) is 5.29. The number of hydrogen-bond donors (Lipinski definition) is 1. The first-order valence-electron chi connectivity index (χ1n) is 10.5. The molecular weight excluding hydrogens is 390 g/mol. The molecule has 0 saturated heterocycles. The molecule has 2 rings (SSSR count). The summed E-state index contributed by atoms with van der Waals surface area (Å²) >= 11 is 5.37. The van der Waals surface area contributed by atoms with Crippen LogP contribution in [-0.4, -0.2) is 36.0 Å². The van der Waals surface area contributed by atoms with E-state index < -0.39 is 0 Å². The summed E-state index contributed by atoms with van der Waals surface area (Å²) in [7, 11) is 2.14. The van der Waals surface area contributed by atoms with E-state index in [-0.39, 0.29) is 5.17 Å². The molecule has 0 bridgehead atoms. The fourth-order valence-electron chi connectivity index (χ4n) is 3.30. The van der Waals surface area contributed by atoms with Crippen molar-refractivity contribution in [1.82, 2.24) is 4.90 Å². The van der Waals surface area contributed by atoms with E-state index in [9.17, 15) is 0 Å². The summed E-state index contributed by atoms with van der Waals surface area (Å²) in [5.74, 6) is 1.40.